The number of anilines is 3. The lowest BCUT2D eigenvalue weighted by Gasteiger charge is -2.14. The fourth-order valence-corrected chi connectivity index (χ4v) is 3.23. The number of rotatable bonds is 6. The first-order valence-electron chi connectivity index (χ1n) is 9.12. The van der Waals surface area contributed by atoms with Gasteiger partial charge in [0.2, 0.25) is 0 Å². The lowest BCUT2D eigenvalue weighted by Crippen LogP contribution is -2.13. The van der Waals surface area contributed by atoms with Crippen LogP contribution in [-0.4, -0.2) is 31.8 Å². The Morgan fingerprint density at radius 2 is 1.71 bits per heavy atom. The van der Waals surface area contributed by atoms with Crippen LogP contribution in [0.3, 0.4) is 0 Å². The quantitative estimate of drug-likeness (QED) is 0.404. The van der Waals surface area contributed by atoms with Crippen molar-refractivity contribution in [2.45, 2.75) is 31.0 Å². The van der Waals surface area contributed by atoms with E-state index in [1.807, 2.05) is 13.8 Å². The Kier molecular flexibility index (Phi) is 6.65. The van der Waals surface area contributed by atoms with Crippen molar-refractivity contribution in [3.8, 4) is 11.5 Å². The summed E-state index contributed by atoms with van der Waals surface area (Å²) in [6.07, 6.45) is -3.19. The number of hydrogen-bond acceptors (Lipinski definition) is 6. The van der Waals surface area contributed by atoms with E-state index in [0.29, 0.717) is 5.82 Å². The molecule has 11 heteroatoms. The predicted octanol–water partition coefficient (Wildman–Crippen LogP) is 5.00. The van der Waals surface area contributed by atoms with Crippen LogP contribution in [0.1, 0.15) is 19.5 Å². The van der Waals surface area contributed by atoms with Crippen molar-refractivity contribution in [1.82, 2.24) is 15.0 Å². The highest BCUT2D eigenvalue weighted by Gasteiger charge is 2.32. The molecule has 1 unspecified atom stereocenters. The van der Waals surface area contributed by atoms with Gasteiger partial charge in [-0.2, -0.15) is 13.2 Å². The Labute approximate surface area is 179 Å². The van der Waals surface area contributed by atoms with Crippen LogP contribution in [0.4, 0.5) is 34.9 Å². The van der Waals surface area contributed by atoms with E-state index in [1.165, 1.54) is 36.6 Å². The van der Waals surface area contributed by atoms with Crippen molar-refractivity contribution in [2.75, 3.05) is 16.9 Å². The second kappa shape index (κ2) is 9.06. The van der Waals surface area contributed by atoms with Gasteiger partial charge in [0.15, 0.2) is 10.7 Å². The van der Waals surface area contributed by atoms with Crippen LogP contribution in [0.2, 0.25) is 0 Å². The first-order chi connectivity index (χ1) is 14.5. The summed E-state index contributed by atoms with van der Waals surface area (Å²) < 4.78 is 64.8. The standard InChI is InChI=1S/C20H19F4N5OS/c1-11(2)25-17-10-18(26-13-7-12(21)8-14(9-13)31(3)30)29-19(28-17)15-5-4-6-16(27-15)20(22,23)24/h4-11H,1-3H3,(H2,25,26,28,29). The summed E-state index contributed by atoms with van der Waals surface area (Å²) in [6.45, 7) is 3.74. The van der Waals surface area contributed by atoms with Crippen LogP contribution < -0.4 is 10.6 Å². The second-order valence-electron chi connectivity index (χ2n) is 6.92. The number of pyridine rings is 1. The molecule has 1 aromatic carbocycles. The molecule has 6 nitrogen and oxygen atoms in total. The van der Waals surface area contributed by atoms with Gasteiger partial charge in [-0.1, -0.05) is 6.07 Å². The average molecular weight is 453 g/mol. The molecule has 0 fully saturated rings. The number of hydrogen-bond donors (Lipinski definition) is 2. The summed E-state index contributed by atoms with van der Waals surface area (Å²) in [7, 11) is 0. The highest BCUT2D eigenvalue weighted by Crippen LogP contribution is 2.30. The molecule has 2 heterocycles. The average Bonchev–Trinajstić information content (AvgIpc) is 2.66. The molecular formula is C20H19F4N5OS. The molecule has 0 aliphatic carbocycles. The molecule has 0 bridgehead atoms. The first kappa shape index (κ1) is 22.8. The minimum Gasteiger partial charge on any atom is -0.612 e. The van der Waals surface area contributed by atoms with Gasteiger partial charge in [0.05, 0.1) is 0 Å². The minimum atomic E-state index is -4.61. The van der Waals surface area contributed by atoms with Crippen LogP contribution in [0.15, 0.2) is 47.4 Å². The molecule has 2 N–H and O–H groups in total. The molecule has 0 radical (unpaired) electrons. The van der Waals surface area contributed by atoms with Crippen LogP contribution >= 0.6 is 0 Å². The lowest BCUT2D eigenvalue weighted by molar-refractivity contribution is -0.141. The van der Waals surface area contributed by atoms with E-state index in [4.69, 9.17) is 0 Å². The van der Waals surface area contributed by atoms with E-state index in [0.717, 1.165) is 12.1 Å². The summed E-state index contributed by atoms with van der Waals surface area (Å²) in [6, 6.07) is 8.81. The SMILES string of the molecule is CC(C)Nc1cc(Nc2cc(F)cc([S+](C)[O-])c2)nc(-c2cccc(C(F)(F)F)n2)n1. The molecule has 2 aromatic heterocycles. The molecule has 0 saturated heterocycles. The molecule has 1 atom stereocenters. The van der Waals surface area contributed by atoms with Gasteiger partial charge in [0.1, 0.15) is 35.1 Å². The maximum absolute atomic E-state index is 13.9. The first-order valence-corrected chi connectivity index (χ1v) is 10.7. The summed E-state index contributed by atoms with van der Waals surface area (Å²) in [4.78, 5) is 12.4. The minimum absolute atomic E-state index is 0.0200. The summed E-state index contributed by atoms with van der Waals surface area (Å²) in [5.74, 6) is -0.0947. The van der Waals surface area contributed by atoms with Crippen molar-refractivity contribution in [3.05, 3.63) is 54.0 Å². The van der Waals surface area contributed by atoms with E-state index in [1.54, 1.807) is 0 Å². The summed E-state index contributed by atoms with van der Waals surface area (Å²) in [5, 5.41) is 5.96. The molecular weight excluding hydrogens is 434 g/mol. The zero-order valence-electron chi connectivity index (χ0n) is 16.8. The number of alkyl halides is 3. The molecule has 3 aromatic rings. The van der Waals surface area contributed by atoms with Gasteiger partial charge < -0.3 is 15.2 Å². The van der Waals surface area contributed by atoms with Crippen LogP contribution in [-0.2, 0) is 17.4 Å². The Morgan fingerprint density at radius 1 is 1.00 bits per heavy atom. The lowest BCUT2D eigenvalue weighted by atomic mass is 10.2. The Bertz CT molecular complexity index is 1080. The van der Waals surface area contributed by atoms with Gasteiger partial charge in [-0.25, -0.2) is 19.3 Å². The highest BCUT2D eigenvalue weighted by atomic mass is 32.2. The molecule has 0 amide bonds. The maximum atomic E-state index is 13.9. The second-order valence-corrected chi connectivity index (χ2v) is 8.30. The normalized spacial score (nSPS) is 12.7. The van der Waals surface area contributed by atoms with Crippen LogP contribution in [0.5, 0.6) is 0 Å². The number of benzene rings is 1. The molecule has 0 spiro atoms. The molecule has 3 rings (SSSR count). The monoisotopic (exact) mass is 453 g/mol. The van der Waals surface area contributed by atoms with E-state index < -0.39 is 28.9 Å². The smallest absolute Gasteiger partial charge is 0.433 e. The maximum Gasteiger partial charge on any atom is 0.433 e. The van der Waals surface area contributed by atoms with Crippen molar-refractivity contribution in [1.29, 1.82) is 0 Å². The number of halogens is 4. The zero-order chi connectivity index (χ0) is 22.8. The van der Waals surface area contributed by atoms with Crippen molar-refractivity contribution in [2.24, 2.45) is 0 Å². The van der Waals surface area contributed by atoms with Crippen molar-refractivity contribution < 1.29 is 22.1 Å². The molecule has 0 aliphatic heterocycles. The number of nitrogens with one attached hydrogen (secondary N) is 2. The third kappa shape index (κ3) is 6.05. The summed E-state index contributed by atoms with van der Waals surface area (Å²) in [5.41, 5.74) is -0.854. The molecule has 0 saturated carbocycles. The Morgan fingerprint density at radius 3 is 2.35 bits per heavy atom. The van der Waals surface area contributed by atoms with Gasteiger partial charge >= 0.3 is 6.18 Å². The van der Waals surface area contributed by atoms with E-state index in [2.05, 4.69) is 25.6 Å². The van der Waals surface area contributed by atoms with Crippen LogP contribution in [0, 0.1) is 5.82 Å². The number of nitrogens with zero attached hydrogens (tertiary/aromatic N) is 3. The molecule has 0 aliphatic rings. The van der Waals surface area contributed by atoms with Gasteiger partial charge in [0.25, 0.3) is 0 Å². The topological polar surface area (TPSA) is 85.8 Å². The van der Waals surface area contributed by atoms with Crippen molar-refractivity contribution in [3.63, 3.8) is 0 Å². The van der Waals surface area contributed by atoms with Crippen molar-refractivity contribution >= 4 is 28.5 Å². The highest BCUT2D eigenvalue weighted by molar-refractivity contribution is 7.90. The Hall–Kier alpha value is -2.92. The molecule has 31 heavy (non-hydrogen) atoms. The molecule has 164 valence electrons. The van der Waals surface area contributed by atoms with E-state index in [9.17, 15) is 22.1 Å². The van der Waals surface area contributed by atoms with Gasteiger partial charge in [-0.15, -0.1) is 0 Å². The third-order valence-corrected chi connectivity index (χ3v) is 4.81. The van der Waals surface area contributed by atoms with Gasteiger partial charge in [-0.3, -0.25) is 0 Å². The number of aromatic nitrogens is 3. The predicted molar refractivity (Wildman–Crippen MR) is 111 cm³/mol. The Balaban J connectivity index is 2.04. The third-order valence-electron chi connectivity index (χ3n) is 3.91. The zero-order valence-corrected chi connectivity index (χ0v) is 17.6. The van der Waals surface area contributed by atoms with E-state index >= 15 is 0 Å². The fraction of sp³-hybridized carbons (Fsp3) is 0.250. The fourth-order valence-electron chi connectivity index (χ4n) is 2.66. The van der Waals surface area contributed by atoms with E-state index in [-0.39, 0.29) is 34.0 Å². The van der Waals surface area contributed by atoms with Gasteiger partial charge in [-0.05, 0) is 43.2 Å². The largest absolute Gasteiger partial charge is 0.612 e. The summed E-state index contributed by atoms with van der Waals surface area (Å²) >= 11 is -1.41. The van der Waals surface area contributed by atoms with Gasteiger partial charge in [0, 0.05) is 29.9 Å². The van der Waals surface area contributed by atoms with Crippen LogP contribution in [0.25, 0.3) is 11.5 Å².